The SMILES string of the molecule is O=C(Nc1nc(=O)[nH]cc1C[C@H](NC(=O)c1c(Cl)cccc1Cl)C(=O)O)c1c(Cl)cccc1Cl. The minimum Gasteiger partial charge on any atom is -0.480 e. The largest absolute Gasteiger partial charge is 0.480 e. The Morgan fingerprint density at radius 3 is 1.91 bits per heavy atom. The average Bonchev–Trinajstić information content (AvgIpc) is 2.74. The summed E-state index contributed by atoms with van der Waals surface area (Å²) in [6.07, 6.45) is 0.808. The van der Waals surface area contributed by atoms with Gasteiger partial charge < -0.3 is 20.7 Å². The van der Waals surface area contributed by atoms with E-state index in [-0.39, 0.29) is 49.0 Å². The van der Waals surface area contributed by atoms with E-state index in [1.165, 1.54) is 36.5 Å². The second-order valence-corrected chi connectivity index (χ2v) is 8.42. The lowest BCUT2D eigenvalue weighted by Gasteiger charge is -2.17. The Morgan fingerprint density at radius 1 is 0.912 bits per heavy atom. The molecule has 1 heterocycles. The molecule has 176 valence electrons. The standard InChI is InChI=1S/C21H14Cl4N4O5/c22-10-3-1-4-11(23)15(10)18(30)27-14(20(32)33)7-9-8-26-21(34)29-17(9)28-19(31)16-12(24)5-2-6-13(16)25/h1-6,8,14H,7H2,(H,27,30)(H,32,33)(H2,26,28,29,31,34)/t14-/m0/s1. The molecule has 13 heteroatoms. The summed E-state index contributed by atoms with van der Waals surface area (Å²) in [5.41, 5.74) is -0.856. The van der Waals surface area contributed by atoms with E-state index in [2.05, 4.69) is 20.6 Å². The highest BCUT2D eigenvalue weighted by Crippen LogP contribution is 2.26. The molecule has 2 aromatic carbocycles. The van der Waals surface area contributed by atoms with Crippen LogP contribution in [0.25, 0.3) is 0 Å². The zero-order valence-electron chi connectivity index (χ0n) is 16.9. The highest BCUT2D eigenvalue weighted by Gasteiger charge is 2.26. The third-order valence-electron chi connectivity index (χ3n) is 4.53. The maximum absolute atomic E-state index is 12.7. The van der Waals surface area contributed by atoms with Crippen LogP contribution in [0.3, 0.4) is 0 Å². The van der Waals surface area contributed by atoms with Crippen molar-refractivity contribution < 1.29 is 19.5 Å². The van der Waals surface area contributed by atoms with Crippen LogP contribution in [0.4, 0.5) is 5.82 Å². The molecule has 0 bridgehead atoms. The predicted octanol–water partition coefficient (Wildman–Crippen LogP) is 4.06. The Labute approximate surface area is 212 Å². The van der Waals surface area contributed by atoms with Crippen molar-refractivity contribution in [2.75, 3.05) is 5.32 Å². The van der Waals surface area contributed by atoms with Crippen LogP contribution in [0.1, 0.15) is 26.3 Å². The van der Waals surface area contributed by atoms with Crippen LogP contribution in [0, 0.1) is 0 Å². The van der Waals surface area contributed by atoms with E-state index in [0.717, 1.165) is 0 Å². The van der Waals surface area contributed by atoms with E-state index < -0.39 is 29.5 Å². The number of hydrogen-bond donors (Lipinski definition) is 4. The normalized spacial score (nSPS) is 11.5. The zero-order chi connectivity index (χ0) is 25.0. The number of carbonyl (C=O) groups excluding carboxylic acids is 2. The molecule has 0 unspecified atom stereocenters. The summed E-state index contributed by atoms with van der Waals surface area (Å²) in [5.74, 6) is -3.22. The number of anilines is 1. The number of carboxylic acid groups (broad SMARTS) is 1. The molecular formula is C21H14Cl4N4O5. The van der Waals surface area contributed by atoms with E-state index >= 15 is 0 Å². The Balaban J connectivity index is 1.89. The van der Waals surface area contributed by atoms with Gasteiger partial charge in [-0.2, -0.15) is 4.98 Å². The van der Waals surface area contributed by atoms with Gasteiger partial charge in [0.15, 0.2) is 0 Å². The summed E-state index contributed by atoms with van der Waals surface area (Å²) in [6.45, 7) is 0. The van der Waals surface area contributed by atoms with Crippen molar-refractivity contribution in [3.05, 3.63) is 89.9 Å². The molecule has 0 fully saturated rings. The van der Waals surface area contributed by atoms with Crippen LogP contribution in [0.2, 0.25) is 20.1 Å². The third-order valence-corrected chi connectivity index (χ3v) is 5.79. The summed E-state index contributed by atoms with van der Waals surface area (Å²) in [4.78, 5) is 55.0. The number of nitrogens with one attached hydrogen (secondary N) is 3. The topological polar surface area (TPSA) is 141 Å². The smallest absolute Gasteiger partial charge is 0.346 e. The summed E-state index contributed by atoms with van der Waals surface area (Å²) < 4.78 is 0. The molecule has 0 saturated carbocycles. The Bertz CT molecular complexity index is 1300. The number of H-pyrrole nitrogens is 1. The van der Waals surface area contributed by atoms with Crippen LogP contribution in [0.15, 0.2) is 47.4 Å². The van der Waals surface area contributed by atoms with Crippen LogP contribution in [-0.4, -0.2) is 38.9 Å². The minimum atomic E-state index is -1.49. The molecule has 0 aliphatic rings. The first-order chi connectivity index (χ1) is 16.1. The van der Waals surface area contributed by atoms with Crippen LogP contribution in [-0.2, 0) is 11.2 Å². The first kappa shape index (κ1) is 25.5. The van der Waals surface area contributed by atoms with Gasteiger partial charge in [-0.15, -0.1) is 0 Å². The number of aromatic nitrogens is 2. The number of carboxylic acids is 1. The molecule has 1 atom stereocenters. The monoisotopic (exact) mass is 542 g/mol. The van der Waals surface area contributed by atoms with Gasteiger partial charge in [0.2, 0.25) is 0 Å². The van der Waals surface area contributed by atoms with Crippen molar-refractivity contribution in [2.24, 2.45) is 0 Å². The molecule has 2 amide bonds. The zero-order valence-corrected chi connectivity index (χ0v) is 19.9. The second kappa shape index (κ2) is 10.9. The van der Waals surface area contributed by atoms with Crippen molar-refractivity contribution in [1.29, 1.82) is 0 Å². The minimum absolute atomic E-state index is 0.0319. The van der Waals surface area contributed by atoms with E-state index in [4.69, 9.17) is 46.4 Å². The molecule has 4 N–H and O–H groups in total. The number of aromatic amines is 1. The molecule has 0 saturated heterocycles. The number of amides is 2. The number of hydrogen-bond acceptors (Lipinski definition) is 5. The molecule has 0 spiro atoms. The summed E-state index contributed by atoms with van der Waals surface area (Å²) in [5, 5.41) is 14.6. The predicted molar refractivity (Wildman–Crippen MR) is 128 cm³/mol. The van der Waals surface area contributed by atoms with Gasteiger partial charge in [-0.25, -0.2) is 9.59 Å². The molecular weight excluding hydrogens is 530 g/mol. The molecule has 3 aromatic rings. The molecule has 0 aliphatic carbocycles. The molecule has 0 aliphatic heterocycles. The van der Waals surface area contributed by atoms with Crippen LogP contribution < -0.4 is 16.3 Å². The summed E-state index contributed by atoms with van der Waals surface area (Å²) in [6, 6.07) is 7.34. The number of carbonyl (C=O) groups is 3. The molecule has 3 rings (SSSR count). The van der Waals surface area contributed by atoms with E-state index in [1.807, 2.05) is 0 Å². The molecule has 9 nitrogen and oxygen atoms in total. The first-order valence-corrected chi connectivity index (χ1v) is 10.9. The number of nitrogens with zero attached hydrogens (tertiary/aromatic N) is 1. The summed E-state index contributed by atoms with van der Waals surface area (Å²) in [7, 11) is 0. The highest BCUT2D eigenvalue weighted by atomic mass is 35.5. The van der Waals surface area contributed by atoms with Crippen molar-refractivity contribution in [3.63, 3.8) is 0 Å². The number of aliphatic carboxylic acids is 1. The van der Waals surface area contributed by atoms with Gasteiger partial charge in [0, 0.05) is 18.2 Å². The second-order valence-electron chi connectivity index (χ2n) is 6.80. The maximum atomic E-state index is 12.7. The third kappa shape index (κ3) is 5.87. The van der Waals surface area contributed by atoms with Gasteiger partial charge in [0.1, 0.15) is 11.9 Å². The quantitative estimate of drug-likeness (QED) is 0.354. The van der Waals surface area contributed by atoms with Gasteiger partial charge in [0.25, 0.3) is 11.8 Å². The highest BCUT2D eigenvalue weighted by molar-refractivity contribution is 6.40. The van der Waals surface area contributed by atoms with Crippen LogP contribution >= 0.6 is 46.4 Å². The lowest BCUT2D eigenvalue weighted by atomic mass is 10.1. The fourth-order valence-electron chi connectivity index (χ4n) is 2.94. The van der Waals surface area contributed by atoms with E-state index in [9.17, 15) is 24.3 Å². The van der Waals surface area contributed by atoms with Crippen LogP contribution in [0.5, 0.6) is 0 Å². The average molecular weight is 544 g/mol. The fourth-order valence-corrected chi connectivity index (χ4v) is 4.07. The lowest BCUT2D eigenvalue weighted by molar-refractivity contribution is -0.139. The molecule has 34 heavy (non-hydrogen) atoms. The lowest BCUT2D eigenvalue weighted by Crippen LogP contribution is -2.43. The Morgan fingerprint density at radius 2 is 1.41 bits per heavy atom. The molecule has 0 radical (unpaired) electrons. The van der Waals surface area contributed by atoms with Crippen molar-refractivity contribution in [2.45, 2.75) is 12.5 Å². The van der Waals surface area contributed by atoms with Gasteiger partial charge >= 0.3 is 11.7 Å². The van der Waals surface area contributed by atoms with E-state index in [1.54, 1.807) is 6.07 Å². The van der Waals surface area contributed by atoms with Gasteiger partial charge in [0.05, 0.1) is 31.2 Å². The Kier molecular flexibility index (Phi) is 8.16. The number of halogens is 4. The van der Waals surface area contributed by atoms with Crippen molar-refractivity contribution in [3.8, 4) is 0 Å². The number of rotatable bonds is 7. The summed E-state index contributed by atoms with van der Waals surface area (Å²) >= 11 is 24.1. The van der Waals surface area contributed by atoms with Gasteiger partial charge in [-0.3, -0.25) is 9.59 Å². The van der Waals surface area contributed by atoms with Crippen molar-refractivity contribution in [1.82, 2.24) is 15.3 Å². The Hall–Kier alpha value is -3.11. The fraction of sp³-hybridized carbons (Fsp3) is 0.0952. The van der Waals surface area contributed by atoms with Gasteiger partial charge in [-0.05, 0) is 24.3 Å². The van der Waals surface area contributed by atoms with E-state index in [0.29, 0.717) is 0 Å². The number of benzene rings is 2. The molecule has 1 aromatic heterocycles. The van der Waals surface area contributed by atoms with Crippen molar-refractivity contribution >= 4 is 70.0 Å². The van der Waals surface area contributed by atoms with Gasteiger partial charge in [-0.1, -0.05) is 58.5 Å². The first-order valence-electron chi connectivity index (χ1n) is 9.40. The maximum Gasteiger partial charge on any atom is 0.346 e.